The molecule has 31 heavy (non-hydrogen) atoms. The predicted molar refractivity (Wildman–Crippen MR) is 125 cm³/mol. The first-order valence-electron chi connectivity index (χ1n) is 10.2. The quantitative estimate of drug-likeness (QED) is 0.426. The van der Waals surface area contributed by atoms with Crippen LogP contribution in [-0.2, 0) is 6.42 Å². The number of imidazole rings is 1. The number of H-pyrrole nitrogens is 1. The Labute approximate surface area is 180 Å². The van der Waals surface area contributed by atoms with Crippen molar-refractivity contribution in [2.24, 2.45) is 0 Å². The van der Waals surface area contributed by atoms with E-state index in [1.54, 1.807) is 17.0 Å². The van der Waals surface area contributed by atoms with E-state index in [0.29, 0.717) is 17.9 Å². The molecule has 3 aromatic carbocycles. The Balaban J connectivity index is 1.37. The van der Waals surface area contributed by atoms with Gasteiger partial charge in [0, 0.05) is 18.8 Å². The average Bonchev–Trinajstić information content (AvgIpc) is 3.14. The molecule has 0 spiro atoms. The van der Waals surface area contributed by atoms with E-state index in [1.165, 1.54) is 11.1 Å². The Hall–Kier alpha value is -4.18. The number of rotatable bonds is 5. The first-order valence-corrected chi connectivity index (χ1v) is 10.2. The molecule has 4 heteroatoms. The van der Waals surface area contributed by atoms with Gasteiger partial charge < -0.3 is 4.98 Å². The minimum atomic E-state index is -0.0743. The van der Waals surface area contributed by atoms with Gasteiger partial charge in [0.2, 0.25) is 0 Å². The second-order valence-corrected chi connectivity index (χ2v) is 7.45. The van der Waals surface area contributed by atoms with Crippen molar-refractivity contribution in [2.75, 3.05) is 0 Å². The maximum absolute atomic E-state index is 12.8. The zero-order chi connectivity index (χ0) is 21.0. The van der Waals surface area contributed by atoms with E-state index in [1.807, 2.05) is 60.7 Å². The number of fused-ring (bicyclic) bond motifs is 1. The molecule has 0 aromatic heterocycles. The largest absolute Gasteiger partial charge is 0.357 e. The van der Waals surface area contributed by atoms with Crippen LogP contribution in [0.15, 0.2) is 102 Å². The van der Waals surface area contributed by atoms with E-state index >= 15 is 0 Å². The summed E-state index contributed by atoms with van der Waals surface area (Å²) in [6.45, 7) is 0. The van der Waals surface area contributed by atoms with Gasteiger partial charge in [0.25, 0.3) is 5.56 Å². The minimum Gasteiger partial charge on any atom is -0.357 e. The van der Waals surface area contributed by atoms with Gasteiger partial charge in [0.05, 0.1) is 5.69 Å². The molecule has 4 nitrogen and oxygen atoms in total. The molecule has 0 aliphatic carbocycles. The SMILES string of the molecule is O=c1c(Cc2ccccc2)nc2c[nH]c(/C=C/c3ccc(-c4ccccc4)cc3)cn1-2. The molecule has 2 aliphatic rings. The summed E-state index contributed by atoms with van der Waals surface area (Å²) in [6.07, 6.45) is 8.09. The zero-order valence-corrected chi connectivity index (χ0v) is 16.9. The molecule has 0 bridgehead atoms. The summed E-state index contributed by atoms with van der Waals surface area (Å²) in [5, 5.41) is 0. The summed E-state index contributed by atoms with van der Waals surface area (Å²) < 4.78 is 1.60. The van der Waals surface area contributed by atoms with Crippen molar-refractivity contribution in [3.05, 3.63) is 130 Å². The molecule has 0 amide bonds. The van der Waals surface area contributed by atoms with Crippen LogP contribution in [0.2, 0.25) is 0 Å². The van der Waals surface area contributed by atoms with Crippen molar-refractivity contribution in [1.29, 1.82) is 0 Å². The van der Waals surface area contributed by atoms with Crippen LogP contribution in [0.25, 0.3) is 29.1 Å². The molecule has 3 aromatic rings. The summed E-state index contributed by atoms with van der Waals surface area (Å²) in [5.41, 5.74) is 5.86. The highest BCUT2D eigenvalue weighted by molar-refractivity contribution is 5.71. The van der Waals surface area contributed by atoms with Gasteiger partial charge in [0.15, 0.2) is 5.82 Å². The van der Waals surface area contributed by atoms with Crippen molar-refractivity contribution in [2.45, 2.75) is 6.42 Å². The molecule has 5 rings (SSSR count). The van der Waals surface area contributed by atoms with E-state index < -0.39 is 0 Å². The molecule has 0 fully saturated rings. The predicted octanol–water partition coefficient (Wildman–Crippen LogP) is 5.43. The highest BCUT2D eigenvalue weighted by atomic mass is 16.1. The van der Waals surface area contributed by atoms with Gasteiger partial charge in [-0.15, -0.1) is 0 Å². The number of nitrogens with zero attached hydrogens (tertiary/aromatic N) is 2. The third kappa shape index (κ3) is 4.09. The highest BCUT2D eigenvalue weighted by Crippen LogP contribution is 2.20. The fourth-order valence-electron chi connectivity index (χ4n) is 3.63. The first-order chi connectivity index (χ1) is 15.3. The van der Waals surface area contributed by atoms with Crippen LogP contribution in [0, 0.1) is 0 Å². The van der Waals surface area contributed by atoms with Crippen molar-refractivity contribution >= 4 is 12.2 Å². The van der Waals surface area contributed by atoms with Gasteiger partial charge in [-0.3, -0.25) is 9.36 Å². The van der Waals surface area contributed by atoms with Crippen LogP contribution in [0.5, 0.6) is 0 Å². The van der Waals surface area contributed by atoms with Gasteiger partial charge in [-0.2, -0.15) is 0 Å². The maximum Gasteiger partial charge on any atom is 0.278 e. The third-order valence-corrected chi connectivity index (χ3v) is 5.29. The summed E-state index contributed by atoms with van der Waals surface area (Å²) in [4.78, 5) is 20.5. The number of hydrogen-bond donors (Lipinski definition) is 1. The number of nitrogens with one attached hydrogen (secondary N) is 1. The molecule has 2 heterocycles. The molecule has 0 saturated heterocycles. The van der Waals surface area contributed by atoms with E-state index in [0.717, 1.165) is 16.8 Å². The van der Waals surface area contributed by atoms with Crippen molar-refractivity contribution in [1.82, 2.24) is 14.5 Å². The number of aromatic amines is 1. The first kappa shape index (κ1) is 18.8. The zero-order valence-electron chi connectivity index (χ0n) is 16.9. The smallest absolute Gasteiger partial charge is 0.278 e. The van der Waals surface area contributed by atoms with Crippen LogP contribution in [0.1, 0.15) is 22.5 Å². The molecule has 150 valence electrons. The van der Waals surface area contributed by atoms with Crippen LogP contribution in [0.3, 0.4) is 0 Å². The molecule has 0 unspecified atom stereocenters. The summed E-state index contributed by atoms with van der Waals surface area (Å²) in [6, 6.07) is 28.6. The lowest BCUT2D eigenvalue weighted by Gasteiger charge is -2.03. The van der Waals surface area contributed by atoms with Crippen LogP contribution in [-0.4, -0.2) is 14.5 Å². The topological polar surface area (TPSA) is 50.7 Å². The van der Waals surface area contributed by atoms with Crippen LogP contribution in [0.4, 0.5) is 0 Å². The second-order valence-electron chi connectivity index (χ2n) is 7.45. The van der Waals surface area contributed by atoms with Gasteiger partial charge in [-0.1, -0.05) is 91.0 Å². The Kier molecular flexibility index (Phi) is 5.03. The van der Waals surface area contributed by atoms with Crippen LogP contribution < -0.4 is 5.56 Å². The van der Waals surface area contributed by atoms with Gasteiger partial charge in [0.1, 0.15) is 5.69 Å². The fourth-order valence-corrected chi connectivity index (χ4v) is 3.63. The Morgan fingerprint density at radius 3 is 2.23 bits per heavy atom. The minimum absolute atomic E-state index is 0.0743. The van der Waals surface area contributed by atoms with Crippen molar-refractivity contribution < 1.29 is 0 Å². The molecule has 0 saturated carbocycles. The highest BCUT2D eigenvalue weighted by Gasteiger charge is 2.14. The molecular weight excluding hydrogens is 382 g/mol. The standard InChI is InChI=1S/C27H21N3O/c31-27-25(17-21-7-3-1-4-8-21)29-26-18-28-24(19-30(26)27)16-13-20-11-14-23(15-12-20)22-9-5-2-6-10-22/h1-16,18-19,28H,17H2/b16-13+. The monoisotopic (exact) mass is 403 g/mol. The lowest BCUT2D eigenvalue weighted by molar-refractivity contribution is 0.961. The molecule has 0 atom stereocenters. The normalized spacial score (nSPS) is 11.4. The molecular formula is C27H21N3O. The van der Waals surface area contributed by atoms with Crippen molar-refractivity contribution in [3.63, 3.8) is 0 Å². The second kappa shape index (κ2) is 8.28. The van der Waals surface area contributed by atoms with Crippen LogP contribution >= 0.6 is 0 Å². The number of aromatic nitrogens is 3. The van der Waals surface area contributed by atoms with E-state index in [9.17, 15) is 4.79 Å². The lowest BCUT2D eigenvalue weighted by Crippen LogP contribution is -2.15. The van der Waals surface area contributed by atoms with E-state index in [4.69, 9.17) is 0 Å². The fraction of sp³-hybridized carbons (Fsp3) is 0.0370. The molecule has 2 aliphatic heterocycles. The van der Waals surface area contributed by atoms with E-state index in [2.05, 4.69) is 46.4 Å². The Morgan fingerprint density at radius 2 is 1.48 bits per heavy atom. The molecule has 1 N–H and O–H groups in total. The van der Waals surface area contributed by atoms with Crippen molar-refractivity contribution in [3.8, 4) is 16.9 Å². The summed E-state index contributed by atoms with van der Waals surface area (Å²) in [5.74, 6) is 0.625. The maximum atomic E-state index is 12.8. The summed E-state index contributed by atoms with van der Waals surface area (Å²) >= 11 is 0. The Morgan fingerprint density at radius 1 is 0.806 bits per heavy atom. The number of hydrogen-bond acceptors (Lipinski definition) is 2. The van der Waals surface area contributed by atoms with Gasteiger partial charge in [-0.25, -0.2) is 4.98 Å². The Bertz CT molecular complexity index is 1350. The average molecular weight is 403 g/mol. The molecule has 0 radical (unpaired) electrons. The lowest BCUT2D eigenvalue weighted by atomic mass is 10.0. The number of benzene rings is 3. The summed E-state index contributed by atoms with van der Waals surface area (Å²) in [7, 11) is 0. The van der Waals surface area contributed by atoms with Gasteiger partial charge in [-0.05, 0) is 28.3 Å². The third-order valence-electron chi connectivity index (χ3n) is 5.29. The van der Waals surface area contributed by atoms with E-state index in [-0.39, 0.29) is 5.56 Å². The van der Waals surface area contributed by atoms with Gasteiger partial charge >= 0.3 is 0 Å².